The van der Waals surface area contributed by atoms with Crippen molar-refractivity contribution < 1.29 is 13.2 Å². The highest BCUT2D eigenvalue weighted by atomic mass is 32.2. The summed E-state index contributed by atoms with van der Waals surface area (Å²) in [6, 6.07) is 10.6. The quantitative estimate of drug-likeness (QED) is 0.465. The highest BCUT2D eigenvalue weighted by Crippen LogP contribution is 2.62. The minimum Gasteiger partial charge on any atom is -0.348 e. The smallest absolute Gasteiger partial charge is 0.272 e. The summed E-state index contributed by atoms with van der Waals surface area (Å²) in [7, 11) is -3.34. The van der Waals surface area contributed by atoms with Gasteiger partial charge in [0, 0.05) is 35.9 Å². The van der Waals surface area contributed by atoms with Gasteiger partial charge in [-0.2, -0.15) is 5.10 Å². The van der Waals surface area contributed by atoms with Gasteiger partial charge in [-0.25, -0.2) is 18.5 Å². The van der Waals surface area contributed by atoms with Crippen molar-refractivity contribution in [3.05, 3.63) is 70.5 Å². The number of imidazole rings is 1. The molecule has 0 aliphatic heterocycles. The molecule has 34 heavy (non-hydrogen) atoms. The molecule has 4 aromatic rings. The number of amides is 1. The number of pyridine rings is 1. The number of hydrogen-bond donors (Lipinski definition) is 2. The summed E-state index contributed by atoms with van der Waals surface area (Å²) in [5.41, 5.74) is 1.80. The molecule has 1 spiro atoms. The topological polar surface area (TPSA) is 126 Å². The number of carbonyl (C=O) groups is 1. The number of rotatable bonds is 4. The fraction of sp³-hybridized carbons (Fsp3) is 0.333. The van der Waals surface area contributed by atoms with Crippen LogP contribution in [0, 0.1) is 5.41 Å². The van der Waals surface area contributed by atoms with Crippen LogP contribution in [0.4, 0.5) is 0 Å². The maximum absolute atomic E-state index is 12.9. The van der Waals surface area contributed by atoms with E-state index in [-0.39, 0.29) is 27.8 Å². The Labute approximate surface area is 195 Å². The first-order chi connectivity index (χ1) is 16.2. The van der Waals surface area contributed by atoms with Gasteiger partial charge in [-0.3, -0.25) is 14.0 Å². The molecule has 2 fully saturated rings. The summed E-state index contributed by atoms with van der Waals surface area (Å²) in [6.45, 7) is 0. The van der Waals surface area contributed by atoms with E-state index in [0.29, 0.717) is 22.6 Å². The zero-order valence-corrected chi connectivity index (χ0v) is 19.3. The second-order valence-corrected chi connectivity index (χ2v) is 11.7. The van der Waals surface area contributed by atoms with Crippen molar-refractivity contribution in [3.8, 4) is 0 Å². The number of hydrogen-bond acceptors (Lipinski definition) is 6. The van der Waals surface area contributed by atoms with Crippen LogP contribution < -0.4 is 10.9 Å². The number of aromatic amines is 1. The first-order valence-corrected chi connectivity index (χ1v) is 13.1. The Hall–Kier alpha value is -3.53. The molecule has 0 atom stereocenters. The predicted molar refractivity (Wildman–Crippen MR) is 126 cm³/mol. The van der Waals surface area contributed by atoms with Crippen molar-refractivity contribution in [1.82, 2.24) is 24.9 Å². The summed E-state index contributed by atoms with van der Waals surface area (Å²) in [5.74, 6) is 0.0878. The third-order valence-corrected chi connectivity index (χ3v) is 8.42. The Morgan fingerprint density at radius 3 is 2.62 bits per heavy atom. The van der Waals surface area contributed by atoms with Crippen LogP contribution in [0.1, 0.15) is 47.8 Å². The zero-order valence-electron chi connectivity index (χ0n) is 18.5. The lowest BCUT2D eigenvalue weighted by atomic mass is 9.49. The molecule has 9 nitrogen and oxygen atoms in total. The van der Waals surface area contributed by atoms with Gasteiger partial charge in [-0.1, -0.05) is 18.2 Å². The van der Waals surface area contributed by atoms with Crippen LogP contribution in [0.15, 0.2) is 58.5 Å². The molecule has 1 amide bonds. The lowest BCUT2D eigenvalue weighted by Gasteiger charge is -2.57. The van der Waals surface area contributed by atoms with Crippen LogP contribution in [0.3, 0.4) is 0 Å². The number of aromatic nitrogens is 4. The standard InChI is InChI=1S/C24H23N5O4S/c1-34(32,33)16-6-7-29-19(13-25-20(29)8-16)23(31)26-15-11-24(12-15)9-14(10-24)21-17-4-2-3-5-18(17)22(30)28-27-21/h2-8,13-15H,9-12H2,1H3,(H,26,31)(H,28,30). The maximum Gasteiger partial charge on any atom is 0.272 e. The lowest BCUT2D eigenvalue weighted by Crippen LogP contribution is -2.55. The Kier molecular flexibility index (Phi) is 4.47. The van der Waals surface area contributed by atoms with E-state index in [0.717, 1.165) is 43.0 Å². The van der Waals surface area contributed by atoms with Gasteiger partial charge in [0.25, 0.3) is 11.5 Å². The van der Waals surface area contributed by atoms with E-state index in [1.807, 2.05) is 24.3 Å². The molecular weight excluding hydrogens is 454 g/mol. The van der Waals surface area contributed by atoms with E-state index >= 15 is 0 Å². The van der Waals surface area contributed by atoms with E-state index in [1.54, 1.807) is 10.6 Å². The monoisotopic (exact) mass is 477 g/mol. The van der Waals surface area contributed by atoms with Crippen molar-refractivity contribution in [2.75, 3.05) is 6.26 Å². The SMILES string of the molecule is CS(=O)(=O)c1ccn2c(C(=O)NC3CC4(C3)CC(c3n[nH]c(=O)c5ccccc35)C4)cnc2c1. The van der Waals surface area contributed by atoms with Crippen molar-refractivity contribution in [2.24, 2.45) is 5.41 Å². The van der Waals surface area contributed by atoms with Gasteiger partial charge >= 0.3 is 0 Å². The molecule has 2 aliphatic carbocycles. The number of carbonyl (C=O) groups excluding carboxylic acids is 1. The number of sulfone groups is 1. The highest BCUT2D eigenvalue weighted by Gasteiger charge is 2.54. The van der Waals surface area contributed by atoms with E-state index in [4.69, 9.17) is 0 Å². The molecule has 2 saturated carbocycles. The second kappa shape index (κ2) is 7.23. The van der Waals surface area contributed by atoms with Gasteiger partial charge in [-0.05, 0) is 43.2 Å². The van der Waals surface area contributed by atoms with Gasteiger partial charge in [0.1, 0.15) is 11.3 Å². The van der Waals surface area contributed by atoms with Crippen molar-refractivity contribution in [1.29, 1.82) is 0 Å². The molecular formula is C24H23N5O4S. The summed E-state index contributed by atoms with van der Waals surface area (Å²) in [5, 5.41) is 11.7. The van der Waals surface area contributed by atoms with Crippen molar-refractivity contribution >= 4 is 32.2 Å². The van der Waals surface area contributed by atoms with E-state index in [9.17, 15) is 18.0 Å². The molecule has 174 valence electrons. The van der Waals surface area contributed by atoms with E-state index in [1.165, 1.54) is 18.3 Å². The number of nitrogens with one attached hydrogen (secondary N) is 2. The molecule has 3 heterocycles. The Morgan fingerprint density at radius 2 is 1.88 bits per heavy atom. The van der Waals surface area contributed by atoms with Gasteiger partial charge in [0.15, 0.2) is 9.84 Å². The molecule has 0 radical (unpaired) electrons. The molecule has 10 heteroatoms. The summed E-state index contributed by atoms with van der Waals surface area (Å²) in [6.07, 6.45) is 7.98. The van der Waals surface area contributed by atoms with Gasteiger partial charge < -0.3 is 5.32 Å². The zero-order chi connectivity index (χ0) is 23.7. The Morgan fingerprint density at radius 1 is 1.15 bits per heavy atom. The molecule has 0 unspecified atom stereocenters. The van der Waals surface area contributed by atoms with Crippen molar-refractivity contribution in [2.45, 2.75) is 42.5 Å². The number of H-pyrrole nitrogens is 1. The Bertz CT molecular complexity index is 1620. The third kappa shape index (κ3) is 3.32. The Balaban J connectivity index is 1.11. The predicted octanol–water partition coefficient (Wildman–Crippen LogP) is 2.43. The first-order valence-electron chi connectivity index (χ1n) is 11.2. The second-order valence-electron chi connectivity index (χ2n) is 9.67. The highest BCUT2D eigenvalue weighted by molar-refractivity contribution is 7.90. The maximum atomic E-state index is 12.9. The van der Waals surface area contributed by atoms with Crippen LogP contribution in [0.5, 0.6) is 0 Å². The molecule has 6 rings (SSSR count). The van der Waals surface area contributed by atoms with Crippen LogP contribution in [0.25, 0.3) is 16.4 Å². The number of nitrogens with zero attached hydrogens (tertiary/aromatic N) is 3. The molecule has 0 saturated heterocycles. The van der Waals surface area contributed by atoms with Crippen LogP contribution in [-0.4, -0.2) is 46.2 Å². The van der Waals surface area contributed by atoms with Crippen molar-refractivity contribution in [3.63, 3.8) is 0 Å². The first kappa shape index (κ1) is 21.0. The summed E-state index contributed by atoms with van der Waals surface area (Å²) >= 11 is 0. The summed E-state index contributed by atoms with van der Waals surface area (Å²) < 4.78 is 25.1. The van der Waals surface area contributed by atoms with E-state index in [2.05, 4.69) is 20.5 Å². The van der Waals surface area contributed by atoms with E-state index < -0.39 is 9.84 Å². The fourth-order valence-electron chi connectivity index (χ4n) is 5.67. The summed E-state index contributed by atoms with van der Waals surface area (Å²) in [4.78, 5) is 29.3. The molecule has 2 N–H and O–H groups in total. The number of fused-ring (bicyclic) bond motifs is 2. The third-order valence-electron chi connectivity index (χ3n) is 7.31. The van der Waals surface area contributed by atoms with Gasteiger partial charge in [-0.15, -0.1) is 0 Å². The van der Waals surface area contributed by atoms with Gasteiger partial charge in [0.05, 0.1) is 22.2 Å². The average Bonchev–Trinajstić information content (AvgIpc) is 3.18. The largest absolute Gasteiger partial charge is 0.348 e. The average molecular weight is 478 g/mol. The van der Waals surface area contributed by atoms with Crippen LogP contribution in [0.2, 0.25) is 0 Å². The van der Waals surface area contributed by atoms with Crippen LogP contribution in [-0.2, 0) is 9.84 Å². The molecule has 1 aromatic carbocycles. The molecule has 2 aliphatic rings. The number of benzene rings is 1. The minimum absolute atomic E-state index is 0.0922. The molecule has 3 aromatic heterocycles. The normalized spacial score (nSPS) is 24.1. The van der Waals surface area contributed by atoms with Gasteiger partial charge in [0.2, 0.25) is 0 Å². The fourth-order valence-corrected chi connectivity index (χ4v) is 6.29. The van der Waals surface area contributed by atoms with Crippen LogP contribution >= 0.6 is 0 Å². The minimum atomic E-state index is -3.34. The molecule has 0 bridgehead atoms. The lowest BCUT2D eigenvalue weighted by molar-refractivity contribution is -0.0197.